The van der Waals surface area contributed by atoms with E-state index in [4.69, 9.17) is 9.47 Å². The highest BCUT2D eigenvalue weighted by Crippen LogP contribution is 2.40. The molecule has 1 N–H and O–H groups in total. The molecule has 104 valence electrons. The van der Waals surface area contributed by atoms with Crippen molar-refractivity contribution in [2.24, 2.45) is 5.92 Å². The van der Waals surface area contributed by atoms with Crippen molar-refractivity contribution in [3.8, 4) is 5.75 Å². The molecule has 4 nitrogen and oxygen atoms in total. The lowest BCUT2D eigenvalue weighted by molar-refractivity contribution is 0.185. The average molecular weight is 262 g/mol. The van der Waals surface area contributed by atoms with Crippen LogP contribution in [0, 0.1) is 5.92 Å². The quantitative estimate of drug-likeness (QED) is 0.887. The van der Waals surface area contributed by atoms with Gasteiger partial charge in [-0.05, 0) is 26.0 Å². The highest BCUT2D eigenvalue weighted by Gasteiger charge is 2.35. The Balaban J connectivity index is 1.97. The summed E-state index contributed by atoms with van der Waals surface area (Å²) in [6.07, 6.45) is 0.185. The molecular weight excluding hydrogens is 240 g/mol. The van der Waals surface area contributed by atoms with Gasteiger partial charge in [-0.2, -0.15) is 0 Å². The largest absolute Gasteiger partial charge is 0.489 e. The van der Waals surface area contributed by atoms with Gasteiger partial charge in [-0.15, -0.1) is 0 Å². The molecule has 0 bridgehead atoms. The second kappa shape index (κ2) is 4.93. The highest BCUT2D eigenvalue weighted by atomic mass is 16.5. The molecule has 3 rings (SSSR count). The van der Waals surface area contributed by atoms with Crippen molar-refractivity contribution < 1.29 is 9.47 Å². The summed E-state index contributed by atoms with van der Waals surface area (Å²) >= 11 is 0. The molecule has 2 unspecified atom stereocenters. The van der Waals surface area contributed by atoms with Gasteiger partial charge in [0, 0.05) is 19.5 Å². The molecule has 1 saturated heterocycles. The van der Waals surface area contributed by atoms with E-state index in [1.165, 1.54) is 5.69 Å². The van der Waals surface area contributed by atoms with Gasteiger partial charge in [-0.1, -0.05) is 6.07 Å². The van der Waals surface area contributed by atoms with E-state index in [1.54, 1.807) is 0 Å². The molecule has 2 aliphatic rings. The van der Waals surface area contributed by atoms with Crippen molar-refractivity contribution in [3.63, 3.8) is 0 Å². The predicted octanol–water partition coefficient (Wildman–Crippen LogP) is 2.35. The Morgan fingerprint density at radius 1 is 1.37 bits per heavy atom. The molecule has 19 heavy (non-hydrogen) atoms. The maximum atomic E-state index is 5.92. The Morgan fingerprint density at radius 3 is 3.00 bits per heavy atom. The van der Waals surface area contributed by atoms with Crippen LogP contribution in [0.5, 0.6) is 5.75 Å². The lowest BCUT2D eigenvalue weighted by atomic mass is 10.0. The van der Waals surface area contributed by atoms with Gasteiger partial charge in [0.05, 0.1) is 31.0 Å². The number of ether oxygens (including phenoxy) is 2. The third-order valence-corrected chi connectivity index (χ3v) is 3.95. The zero-order valence-corrected chi connectivity index (χ0v) is 11.8. The van der Waals surface area contributed by atoms with Crippen molar-refractivity contribution in [3.05, 3.63) is 18.2 Å². The molecule has 0 saturated carbocycles. The molecule has 1 aromatic rings. The molecule has 0 aromatic heterocycles. The Morgan fingerprint density at radius 2 is 2.21 bits per heavy atom. The van der Waals surface area contributed by atoms with Crippen LogP contribution in [0.25, 0.3) is 0 Å². The third-order valence-electron chi connectivity index (χ3n) is 3.95. The van der Waals surface area contributed by atoms with Crippen LogP contribution in [0.15, 0.2) is 18.2 Å². The first-order valence-electron chi connectivity index (χ1n) is 7.01. The van der Waals surface area contributed by atoms with Crippen molar-refractivity contribution in [2.75, 3.05) is 37.0 Å². The van der Waals surface area contributed by atoms with Gasteiger partial charge in [0.15, 0.2) is 0 Å². The molecule has 1 aromatic carbocycles. The summed E-state index contributed by atoms with van der Waals surface area (Å²) < 4.78 is 11.5. The molecule has 2 heterocycles. The monoisotopic (exact) mass is 262 g/mol. The van der Waals surface area contributed by atoms with Crippen LogP contribution in [-0.4, -0.2) is 39.0 Å². The Bertz CT molecular complexity index is 461. The molecule has 2 aliphatic heterocycles. The van der Waals surface area contributed by atoms with Gasteiger partial charge >= 0.3 is 0 Å². The maximum absolute atomic E-state index is 5.92. The average Bonchev–Trinajstić information content (AvgIpc) is 2.79. The summed E-state index contributed by atoms with van der Waals surface area (Å²) in [4.78, 5) is 2.33. The van der Waals surface area contributed by atoms with Gasteiger partial charge in [0.1, 0.15) is 11.4 Å². The number of hydrogen-bond donors (Lipinski definition) is 1. The minimum Gasteiger partial charge on any atom is -0.489 e. The molecule has 1 fully saturated rings. The van der Waals surface area contributed by atoms with E-state index >= 15 is 0 Å². The van der Waals surface area contributed by atoms with Crippen molar-refractivity contribution in [1.29, 1.82) is 0 Å². The topological polar surface area (TPSA) is 33.7 Å². The molecule has 2 atom stereocenters. The lowest BCUT2D eigenvalue weighted by Gasteiger charge is -2.28. The summed E-state index contributed by atoms with van der Waals surface area (Å²) in [6.45, 7) is 6.72. The SMILES string of the molecule is CC(C)Oc1cccc2c1NCC1COCC1N2C. The molecule has 0 aliphatic carbocycles. The van der Waals surface area contributed by atoms with Gasteiger partial charge < -0.3 is 19.7 Å². The first-order valence-corrected chi connectivity index (χ1v) is 7.01. The zero-order valence-electron chi connectivity index (χ0n) is 11.8. The second-order valence-corrected chi connectivity index (χ2v) is 5.67. The van der Waals surface area contributed by atoms with Crippen molar-refractivity contribution >= 4 is 11.4 Å². The fourth-order valence-corrected chi connectivity index (χ4v) is 2.97. The second-order valence-electron chi connectivity index (χ2n) is 5.67. The molecule has 4 heteroatoms. The van der Waals surface area contributed by atoms with Crippen LogP contribution < -0.4 is 15.0 Å². The van der Waals surface area contributed by atoms with E-state index in [1.807, 2.05) is 6.07 Å². The normalized spacial score (nSPS) is 25.6. The van der Waals surface area contributed by atoms with Crippen LogP contribution >= 0.6 is 0 Å². The van der Waals surface area contributed by atoms with Crippen molar-refractivity contribution in [2.45, 2.75) is 26.0 Å². The van der Waals surface area contributed by atoms with Gasteiger partial charge in [-0.3, -0.25) is 0 Å². The van der Waals surface area contributed by atoms with E-state index < -0.39 is 0 Å². The Hall–Kier alpha value is -1.42. The number of hydrogen-bond acceptors (Lipinski definition) is 4. The number of fused-ring (bicyclic) bond motifs is 2. The smallest absolute Gasteiger partial charge is 0.144 e. The predicted molar refractivity (Wildman–Crippen MR) is 77.2 cm³/mol. The number of para-hydroxylation sites is 1. The van der Waals surface area contributed by atoms with Crippen LogP contribution in [0.3, 0.4) is 0 Å². The first kappa shape index (κ1) is 12.6. The van der Waals surface area contributed by atoms with Crippen molar-refractivity contribution in [1.82, 2.24) is 0 Å². The summed E-state index contributed by atoms with van der Waals surface area (Å²) in [5.41, 5.74) is 2.32. The Kier molecular flexibility index (Phi) is 3.27. The molecule has 0 amide bonds. The minimum atomic E-state index is 0.185. The molecular formula is C15H22N2O2. The van der Waals surface area contributed by atoms with E-state index in [2.05, 4.69) is 43.2 Å². The van der Waals surface area contributed by atoms with Gasteiger partial charge in [-0.25, -0.2) is 0 Å². The maximum Gasteiger partial charge on any atom is 0.144 e. The van der Waals surface area contributed by atoms with E-state index in [9.17, 15) is 0 Å². The third kappa shape index (κ3) is 2.25. The highest BCUT2D eigenvalue weighted by molar-refractivity contribution is 5.77. The summed E-state index contributed by atoms with van der Waals surface area (Å²) in [7, 11) is 2.15. The number of benzene rings is 1. The summed E-state index contributed by atoms with van der Waals surface area (Å²) in [5, 5.41) is 3.55. The fraction of sp³-hybridized carbons (Fsp3) is 0.600. The van der Waals surface area contributed by atoms with Crippen LogP contribution in [0.2, 0.25) is 0 Å². The number of nitrogens with zero attached hydrogens (tertiary/aromatic N) is 1. The minimum absolute atomic E-state index is 0.185. The number of likely N-dealkylation sites (N-methyl/N-ethyl adjacent to an activating group) is 1. The summed E-state index contributed by atoms with van der Waals surface area (Å²) in [6, 6.07) is 6.71. The number of rotatable bonds is 2. The number of anilines is 2. The molecule has 0 radical (unpaired) electrons. The summed E-state index contributed by atoms with van der Waals surface area (Å²) in [5.74, 6) is 1.49. The Labute approximate surface area is 114 Å². The van der Waals surface area contributed by atoms with E-state index in [0.717, 1.165) is 31.2 Å². The lowest BCUT2D eigenvalue weighted by Crippen LogP contribution is -2.37. The molecule has 0 spiro atoms. The van der Waals surface area contributed by atoms with Crippen LogP contribution in [-0.2, 0) is 4.74 Å². The van der Waals surface area contributed by atoms with E-state index in [-0.39, 0.29) is 6.10 Å². The van der Waals surface area contributed by atoms with Gasteiger partial charge in [0.25, 0.3) is 0 Å². The fourth-order valence-electron chi connectivity index (χ4n) is 2.97. The van der Waals surface area contributed by atoms with Crippen LogP contribution in [0.1, 0.15) is 13.8 Å². The van der Waals surface area contributed by atoms with Gasteiger partial charge in [0.2, 0.25) is 0 Å². The number of nitrogens with one attached hydrogen (secondary N) is 1. The standard InChI is InChI=1S/C15H22N2O2/c1-10(2)19-14-6-4-5-12-15(14)16-7-11-8-18-9-13(11)17(12)3/h4-6,10-11,13,16H,7-9H2,1-3H3. The first-order chi connectivity index (χ1) is 9.16. The van der Waals surface area contributed by atoms with Crippen LogP contribution in [0.4, 0.5) is 11.4 Å². The zero-order chi connectivity index (χ0) is 13.4. The van der Waals surface area contributed by atoms with E-state index in [0.29, 0.717) is 12.0 Å².